The molecular formula is C13H21NO3. The number of hydrogen-bond acceptors (Lipinski definition) is 4. The van der Waals surface area contributed by atoms with Crippen LogP contribution in [0.4, 0.5) is 0 Å². The smallest absolute Gasteiger partial charge is 0.119 e. The van der Waals surface area contributed by atoms with Gasteiger partial charge in [-0.25, -0.2) is 0 Å². The van der Waals surface area contributed by atoms with Crippen molar-refractivity contribution < 1.29 is 14.6 Å². The van der Waals surface area contributed by atoms with Gasteiger partial charge in [-0.3, -0.25) is 0 Å². The third-order valence-electron chi connectivity index (χ3n) is 2.30. The Hall–Kier alpha value is -1.10. The van der Waals surface area contributed by atoms with E-state index in [1.807, 2.05) is 24.3 Å². The Morgan fingerprint density at radius 3 is 2.47 bits per heavy atom. The zero-order valence-corrected chi connectivity index (χ0v) is 10.1. The lowest BCUT2D eigenvalue weighted by molar-refractivity contribution is 0.0883. The van der Waals surface area contributed by atoms with Crippen LogP contribution in [0, 0.1) is 0 Å². The van der Waals surface area contributed by atoms with Crippen LogP contribution in [-0.2, 0) is 11.2 Å². The van der Waals surface area contributed by atoms with Crippen LogP contribution in [0.2, 0.25) is 0 Å². The van der Waals surface area contributed by atoms with E-state index >= 15 is 0 Å². The Labute approximate surface area is 102 Å². The van der Waals surface area contributed by atoms with Crippen molar-refractivity contribution in [1.82, 2.24) is 0 Å². The van der Waals surface area contributed by atoms with E-state index in [9.17, 15) is 0 Å². The highest BCUT2D eigenvalue weighted by Crippen LogP contribution is 2.12. The summed E-state index contributed by atoms with van der Waals surface area (Å²) in [6, 6.07) is 7.93. The first kappa shape index (κ1) is 14.0. The zero-order chi connectivity index (χ0) is 12.3. The van der Waals surface area contributed by atoms with Crippen molar-refractivity contribution >= 4 is 0 Å². The lowest BCUT2D eigenvalue weighted by Gasteiger charge is -2.07. The molecule has 0 aliphatic heterocycles. The number of aliphatic hydroxyl groups excluding tert-OH is 1. The Bertz CT molecular complexity index is 287. The average Bonchev–Trinajstić information content (AvgIpc) is 2.36. The number of hydrogen-bond donors (Lipinski definition) is 2. The van der Waals surface area contributed by atoms with Crippen molar-refractivity contribution in [2.24, 2.45) is 5.73 Å². The first-order valence-electron chi connectivity index (χ1n) is 5.97. The van der Waals surface area contributed by atoms with E-state index < -0.39 is 0 Å². The number of aliphatic hydroxyl groups is 1. The number of benzene rings is 1. The molecule has 0 aliphatic rings. The van der Waals surface area contributed by atoms with E-state index in [0.29, 0.717) is 32.8 Å². The summed E-state index contributed by atoms with van der Waals surface area (Å²) in [5, 5.41) is 8.55. The lowest BCUT2D eigenvalue weighted by Crippen LogP contribution is -2.08. The summed E-state index contributed by atoms with van der Waals surface area (Å²) >= 11 is 0. The van der Waals surface area contributed by atoms with Crippen molar-refractivity contribution in [2.45, 2.75) is 12.8 Å². The molecule has 0 amide bonds. The third kappa shape index (κ3) is 6.26. The average molecular weight is 239 g/mol. The van der Waals surface area contributed by atoms with E-state index in [-0.39, 0.29) is 6.61 Å². The Morgan fingerprint density at radius 1 is 1.06 bits per heavy atom. The molecule has 4 heteroatoms. The van der Waals surface area contributed by atoms with Gasteiger partial charge in [0.15, 0.2) is 0 Å². The van der Waals surface area contributed by atoms with E-state index in [0.717, 1.165) is 12.2 Å². The molecule has 0 heterocycles. The Morgan fingerprint density at radius 2 is 1.82 bits per heavy atom. The summed E-state index contributed by atoms with van der Waals surface area (Å²) in [5.74, 6) is 0.844. The quantitative estimate of drug-likeness (QED) is 0.630. The van der Waals surface area contributed by atoms with Gasteiger partial charge in [-0.05, 0) is 37.1 Å². The summed E-state index contributed by atoms with van der Waals surface area (Å²) in [5.41, 5.74) is 6.69. The number of ether oxygens (including phenoxy) is 2. The highest BCUT2D eigenvalue weighted by atomic mass is 16.5. The van der Waals surface area contributed by atoms with Crippen molar-refractivity contribution in [2.75, 3.05) is 33.0 Å². The zero-order valence-electron chi connectivity index (χ0n) is 10.1. The molecule has 0 aromatic heterocycles. The normalized spacial score (nSPS) is 10.5. The Balaban J connectivity index is 2.14. The van der Waals surface area contributed by atoms with E-state index in [4.69, 9.17) is 20.3 Å². The summed E-state index contributed by atoms with van der Waals surface area (Å²) < 4.78 is 10.8. The third-order valence-corrected chi connectivity index (χ3v) is 2.30. The second-order valence-electron chi connectivity index (χ2n) is 3.72. The fraction of sp³-hybridized carbons (Fsp3) is 0.538. The molecule has 0 saturated carbocycles. The molecule has 0 saturated heterocycles. The largest absolute Gasteiger partial charge is 0.491 e. The number of nitrogens with two attached hydrogens (primary N) is 1. The topological polar surface area (TPSA) is 64.7 Å². The molecule has 0 aliphatic carbocycles. The molecule has 0 unspecified atom stereocenters. The molecule has 0 atom stereocenters. The molecule has 0 fully saturated rings. The minimum atomic E-state index is 0.170. The maximum atomic E-state index is 8.55. The molecule has 1 rings (SSSR count). The monoisotopic (exact) mass is 239 g/mol. The van der Waals surface area contributed by atoms with Gasteiger partial charge in [0.25, 0.3) is 0 Å². The SMILES string of the molecule is NCCc1ccc(OCCOCCCO)cc1. The van der Waals surface area contributed by atoms with Gasteiger partial charge in [0.2, 0.25) is 0 Å². The number of rotatable bonds is 9. The minimum Gasteiger partial charge on any atom is -0.491 e. The van der Waals surface area contributed by atoms with E-state index in [1.165, 1.54) is 5.56 Å². The van der Waals surface area contributed by atoms with Gasteiger partial charge in [-0.15, -0.1) is 0 Å². The van der Waals surface area contributed by atoms with Gasteiger partial charge >= 0.3 is 0 Å². The van der Waals surface area contributed by atoms with Gasteiger partial charge in [0.1, 0.15) is 12.4 Å². The van der Waals surface area contributed by atoms with Crippen molar-refractivity contribution in [1.29, 1.82) is 0 Å². The summed E-state index contributed by atoms with van der Waals surface area (Å²) in [4.78, 5) is 0. The van der Waals surface area contributed by atoms with Gasteiger partial charge in [0.05, 0.1) is 6.61 Å². The molecule has 4 nitrogen and oxygen atoms in total. The molecule has 0 bridgehead atoms. The fourth-order valence-electron chi connectivity index (χ4n) is 1.41. The predicted molar refractivity (Wildman–Crippen MR) is 67.2 cm³/mol. The minimum absolute atomic E-state index is 0.170. The van der Waals surface area contributed by atoms with Crippen molar-refractivity contribution in [3.8, 4) is 5.75 Å². The summed E-state index contributed by atoms with van der Waals surface area (Å²) in [6.45, 7) is 2.49. The molecule has 17 heavy (non-hydrogen) atoms. The van der Waals surface area contributed by atoms with Gasteiger partial charge in [-0.2, -0.15) is 0 Å². The first-order chi connectivity index (χ1) is 8.36. The summed E-state index contributed by atoms with van der Waals surface area (Å²) in [6.07, 6.45) is 1.57. The van der Waals surface area contributed by atoms with Crippen LogP contribution in [0.3, 0.4) is 0 Å². The van der Waals surface area contributed by atoms with Crippen LogP contribution in [0.25, 0.3) is 0 Å². The van der Waals surface area contributed by atoms with E-state index in [2.05, 4.69) is 0 Å². The van der Waals surface area contributed by atoms with Crippen LogP contribution in [0.5, 0.6) is 5.75 Å². The molecule has 96 valence electrons. The van der Waals surface area contributed by atoms with Gasteiger partial charge < -0.3 is 20.3 Å². The fourth-order valence-corrected chi connectivity index (χ4v) is 1.41. The van der Waals surface area contributed by atoms with Crippen LogP contribution < -0.4 is 10.5 Å². The second-order valence-corrected chi connectivity index (χ2v) is 3.72. The second kappa shape index (κ2) is 8.98. The summed E-state index contributed by atoms with van der Waals surface area (Å²) in [7, 11) is 0. The predicted octanol–water partition coefficient (Wildman–Crippen LogP) is 0.966. The molecular weight excluding hydrogens is 218 g/mol. The first-order valence-corrected chi connectivity index (χ1v) is 5.97. The molecule has 0 radical (unpaired) electrons. The van der Waals surface area contributed by atoms with Gasteiger partial charge in [-0.1, -0.05) is 12.1 Å². The molecule has 1 aromatic carbocycles. The van der Waals surface area contributed by atoms with Gasteiger partial charge in [0, 0.05) is 13.2 Å². The highest BCUT2D eigenvalue weighted by Gasteiger charge is 1.95. The van der Waals surface area contributed by atoms with Crippen molar-refractivity contribution in [3.63, 3.8) is 0 Å². The van der Waals surface area contributed by atoms with E-state index in [1.54, 1.807) is 0 Å². The molecule has 3 N–H and O–H groups in total. The maximum absolute atomic E-state index is 8.55. The lowest BCUT2D eigenvalue weighted by atomic mass is 10.1. The maximum Gasteiger partial charge on any atom is 0.119 e. The Kier molecular flexibility index (Phi) is 7.38. The van der Waals surface area contributed by atoms with Crippen LogP contribution >= 0.6 is 0 Å². The van der Waals surface area contributed by atoms with Crippen molar-refractivity contribution in [3.05, 3.63) is 29.8 Å². The standard InChI is InChI=1S/C13H21NO3/c14-7-6-12-2-4-13(5-3-12)17-11-10-16-9-1-8-15/h2-5,15H,1,6-11,14H2. The molecule has 1 aromatic rings. The molecule has 0 spiro atoms. The highest BCUT2D eigenvalue weighted by molar-refractivity contribution is 5.27. The van der Waals surface area contributed by atoms with Crippen LogP contribution in [-0.4, -0.2) is 38.1 Å². The van der Waals surface area contributed by atoms with Crippen LogP contribution in [0.15, 0.2) is 24.3 Å². The van der Waals surface area contributed by atoms with Crippen LogP contribution in [0.1, 0.15) is 12.0 Å².